The van der Waals surface area contributed by atoms with Crippen LogP contribution in [0.4, 0.5) is 5.69 Å². The second-order valence-electron chi connectivity index (χ2n) is 5.77. The fourth-order valence-corrected chi connectivity index (χ4v) is 4.22. The number of anilines is 1. The Balaban J connectivity index is 1.84. The monoisotopic (exact) mass is 360 g/mol. The maximum atomic E-state index is 13.2. The van der Waals surface area contributed by atoms with Crippen molar-refractivity contribution in [2.75, 3.05) is 17.5 Å². The summed E-state index contributed by atoms with van der Waals surface area (Å²) in [5.74, 6) is 0.314. The van der Waals surface area contributed by atoms with E-state index >= 15 is 0 Å². The van der Waals surface area contributed by atoms with E-state index in [9.17, 15) is 8.42 Å². The highest BCUT2D eigenvalue weighted by atomic mass is 32.2. The SMILES string of the molecule is CCc1noc2ncc(S(=O)(=O)N3CCOc4ncc(C)cc43)cc12. The van der Waals surface area contributed by atoms with E-state index < -0.39 is 10.0 Å². The molecule has 0 bridgehead atoms. The number of fused-ring (bicyclic) bond motifs is 2. The molecule has 0 radical (unpaired) electrons. The van der Waals surface area contributed by atoms with Crippen LogP contribution in [-0.4, -0.2) is 36.7 Å². The first-order valence-electron chi connectivity index (χ1n) is 7.87. The molecule has 0 unspecified atom stereocenters. The van der Waals surface area contributed by atoms with Gasteiger partial charge in [0.15, 0.2) is 0 Å². The van der Waals surface area contributed by atoms with E-state index in [1.165, 1.54) is 10.5 Å². The maximum absolute atomic E-state index is 13.2. The third-order valence-electron chi connectivity index (χ3n) is 4.07. The molecule has 4 heterocycles. The number of hydrogen-bond donors (Lipinski definition) is 0. The molecule has 0 spiro atoms. The number of nitrogens with zero attached hydrogens (tertiary/aromatic N) is 4. The highest BCUT2D eigenvalue weighted by Crippen LogP contribution is 2.34. The fraction of sp³-hybridized carbons (Fsp3) is 0.312. The van der Waals surface area contributed by atoms with E-state index in [2.05, 4.69) is 15.1 Å². The third kappa shape index (κ3) is 2.51. The van der Waals surface area contributed by atoms with E-state index in [1.807, 2.05) is 13.8 Å². The highest BCUT2D eigenvalue weighted by Gasteiger charge is 2.32. The molecule has 130 valence electrons. The Morgan fingerprint density at radius 3 is 2.88 bits per heavy atom. The van der Waals surface area contributed by atoms with Crippen molar-refractivity contribution in [2.45, 2.75) is 25.2 Å². The van der Waals surface area contributed by atoms with Gasteiger partial charge in [0, 0.05) is 6.20 Å². The van der Waals surface area contributed by atoms with Gasteiger partial charge >= 0.3 is 0 Å². The summed E-state index contributed by atoms with van der Waals surface area (Å²) in [5.41, 5.74) is 2.30. The molecule has 4 rings (SSSR count). The molecule has 0 saturated heterocycles. The smallest absolute Gasteiger partial charge is 0.266 e. The number of rotatable bonds is 3. The molecule has 1 aliphatic heterocycles. The van der Waals surface area contributed by atoms with Crippen LogP contribution in [0.5, 0.6) is 5.88 Å². The van der Waals surface area contributed by atoms with Gasteiger partial charge in [-0.2, -0.15) is 0 Å². The first kappa shape index (κ1) is 15.8. The summed E-state index contributed by atoms with van der Waals surface area (Å²) in [7, 11) is -3.81. The van der Waals surface area contributed by atoms with Crippen LogP contribution in [0.3, 0.4) is 0 Å². The average Bonchev–Trinajstić information content (AvgIpc) is 3.03. The molecule has 1 aliphatic rings. The van der Waals surface area contributed by atoms with E-state index in [1.54, 1.807) is 18.3 Å². The number of ether oxygens (including phenoxy) is 1. The van der Waals surface area contributed by atoms with E-state index in [0.717, 1.165) is 5.56 Å². The highest BCUT2D eigenvalue weighted by molar-refractivity contribution is 7.92. The molecule has 3 aromatic heterocycles. The summed E-state index contributed by atoms with van der Waals surface area (Å²) >= 11 is 0. The van der Waals surface area contributed by atoms with E-state index in [-0.39, 0.29) is 18.0 Å². The molecule has 0 atom stereocenters. The van der Waals surface area contributed by atoms with Crippen molar-refractivity contribution in [3.8, 4) is 5.88 Å². The lowest BCUT2D eigenvalue weighted by Gasteiger charge is -2.29. The molecular formula is C16H16N4O4S. The van der Waals surface area contributed by atoms with Gasteiger partial charge in [-0.3, -0.25) is 4.31 Å². The summed E-state index contributed by atoms with van der Waals surface area (Å²) in [4.78, 5) is 8.37. The van der Waals surface area contributed by atoms with Crippen LogP contribution in [0.1, 0.15) is 18.2 Å². The van der Waals surface area contributed by atoms with Gasteiger partial charge in [0.2, 0.25) is 5.88 Å². The predicted molar refractivity (Wildman–Crippen MR) is 90.2 cm³/mol. The van der Waals surface area contributed by atoms with Gasteiger partial charge in [0.05, 0.1) is 23.8 Å². The van der Waals surface area contributed by atoms with Crippen LogP contribution >= 0.6 is 0 Å². The third-order valence-corrected chi connectivity index (χ3v) is 5.85. The van der Waals surface area contributed by atoms with Crippen molar-refractivity contribution in [2.24, 2.45) is 0 Å². The maximum Gasteiger partial charge on any atom is 0.266 e. The molecule has 3 aromatic rings. The molecule has 0 amide bonds. The molecule has 0 saturated carbocycles. The molecule has 0 fully saturated rings. The summed E-state index contributed by atoms with van der Waals surface area (Å²) in [6, 6.07) is 3.31. The summed E-state index contributed by atoms with van der Waals surface area (Å²) in [6.45, 7) is 4.23. The molecule has 0 aromatic carbocycles. The number of pyridine rings is 2. The van der Waals surface area contributed by atoms with Gasteiger partial charge in [-0.1, -0.05) is 12.1 Å². The molecule has 25 heavy (non-hydrogen) atoms. The Bertz CT molecular complexity index is 1060. The van der Waals surface area contributed by atoms with Gasteiger partial charge in [-0.05, 0) is 31.0 Å². The summed E-state index contributed by atoms with van der Waals surface area (Å²) < 4.78 is 38.3. The second-order valence-corrected chi connectivity index (χ2v) is 7.63. The Hall–Kier alpha value is -2.68. The predicted octanol–water partition coefficient (Wildman–Crippen LogP) is 2.08. The van der Waals surface area contributed by atoms with Gasteiger partial charge in [0.1, 0.15) is 17.2 Å². The normalized spacial score (nSPS) is 14.4. The zero-order valence-electron chi connectivity index (χ0n) is 13.8. The zero-order valence-corrected chi connectivity index (χ0v) is 14.6. The van der Waals surface area contributed by atoms with Crippen molar-refractivity contribution < 1.29 is 17.7 Å². The number of sulfonamides is 1. The Morgan fingerprint density at radius 2 is 2.08 bits per heavy atom. The lowest BCUT2D eigenvalue weighted by atomic mass is 10.2. The minimum atomic E-state index is -3.81. The van der Waals surface area contributed by atoms with Gasteiger partial charge in [0.25, 0.3) is 15.7 Å². The van der Waals surface area contributed by atoms with Crippen molar-refractivity contribution in [3.05, 3.63) is 35.8 Å². The molecule has 8 nitrogen and oxygen atoms in total. The van der Waals surface area contributed by atoms with Crippen LogP contribution in [0.15, 0.2) is 33.9 Å². The average molecular weight is 360 g/mol. The van der Waals surface area contributed by atoms with Crippen LogP contribution in [0.25, 0.3) is 11.1 Å². The first-order valence-corrected chi connectivity index (χ1v) is 9.31. The number of aryl methyl sites for hydroxylation is 2. The molecule has 0 aliphatic carbocycles. The zero-order chi connectivity index (χ0) is 17.6. The quantitative estimate of drug-likeness (QED) is 0.705. The van der Waals surface area contributed by atoms with Gasteiger partial charge < -0.3 is 9.26 Å². The van der Waals surface area contributed by atoms with Gasteiger partial charge in [-0.15, -0.1) is 0 Å². The summed E-state index contributed by atoms with van der Waals surface area (Å²) in [5, 5.41) is 4.53. The van der Waals surface area contributed by atoms with Crippen LogP contribution < -0.4 is 9.04 Å². The topological polar surface area (TPSA) is 98.4 Å². The summed E-state index contributed by atoms with van der Waals surface area (Å²) in [6.07, 6.45) is 3.57. The number of aromatic nitrogens is 3. The van der Waals surface area contributed by atoms with E-state index in [4.69, 9.17) is 9.26 Å². The van der Waals surface area contributed by atoms with Crippen molar-refractivity contribution in [3.63, 3.8) is 0 Å². The Labute approximate surface area is 144 Å². The minimum Gasteiger partial charge on any atom is -0.474 e. The van der Waals surface area contributed by atoms with Gasteiger partial charge in [-0.25, -0.2) is 18.4 Å². The molecule has 0 N–H and O–H groups in total. The van der Waals surface area contributed by atoms with Crippen molar-refractivity contribution >= 4 is 26.8 Å². The minimum absolute atomic E-state index is 0.0901. The van der Waals surface area contributed by atoms with E-state index in [0.29, 0.717) is 34.8 Å². The lowest BCUT2D eigenvalue weighted by Crippen LogP contribution is -2.38. The number of hydrogen-bond acceptors (Lipinski definition) is 7. The largest absolute Gasteiger partial charge is 0.474 e. The Kier molecular flexibility index (Phi) is 3.60. The fourth-order valence-electron chi connectivity index (χ4n) is 2.81. The Morgan fingerprint density at radius 1 is 1.24 bits per heavy atom. The standard InChI is InChI=1S/C16H16N4O4S/c1-3-13-12-7-11(9-18-15(12)24-19-13)25(21,22)20-4-5-23-16-14(20)6-10(2)8-17-16/h6-9H,3-5H2,1-2H3. The van der Waals surface area contributed by atoms with Crippen LogP contribution in [0, 0.1) is 6.92 Å². The van der Waals surface area contributed by atoms with Crippen LogP contribution in [0.2, 0.25) is 0 Å². The van der Waals surface area contributed by atoms with Crippen molar-refractivity contribution in [1.29, 1.82) is 0 Å². The second kappa shape index (κ2) is 5.69. The molecule has 9 heteroatoms. The molecular weight excluding hydrogens is 344 g/mol. The first-order chi connectivity index (χ1) is 12.0. The lowest BCUT2D eigenvalue weighted by molar-refractivity contribution is 0.303. The van der Waals surface area contributed by atoms with Crippen molar-refractivity contribution in [1.82, 2.24) is 15.1 Å². The van der Waals surface area contributed by atoms with Crippen LogP contribution in [-0.2, 0) is 16.4 Å².